The van der Waals surface area contributed by atoms with Crippen LogP contribution in [0, 0.1) is 10.3 Å². The highest BCUT2D eigenvalue weighted by Gasteiger charge is 2.37. The summed E-state index contributed by atoms with van der Waals surface area (Å²) in [5.74, 6) is -0.173. The molecule has 1 aliphatic heterocycles. The molecular formula is C32H33F3N6O3. The number of aryl methyl sites for hydroxylation is 1. The second-order valence-electron chi connectivity index (χ2n) is 11.9. The molecule has 0 spiro atoms. The fourth-order valence-electron chi connectivity index (χ4n) is 5.99. The van der Waals surface area contributed by atoms with Gasteiger partial charge in [0.05, 0.1) is 5.56 Å². The number of halogens is 3. The van der Waals surface area contributed by atoms with Crippen LogP contribution in [0.25, 0.3) is 5.57 Å². The lowest BCUT2D eigenvalue weighted by Gasteiger charge is -2.32. The van der Waals surface area contributed by atoms with E-state index < -0.39 is 17.3 Å². The highest BCUT2D eigenvalue weighted by Crippen LogP contribution is 2.40. The van der Waals surface area contributed by atoms with Gasteiger partial charge in [-0.05, 0) is 60.6 Å². The summed E-state index contributed by atoms with van der Waals surface area (Å²) in [5, 5.41) is 5.93. The molecule has 0 bridgehead atoms. The molecule has 0 fully saturated rings. The first-order chi connectivity index (χ1) is 20.7. The third kappa shape index (κ3) is 5.76. The fourth-order valence-corrected chi connectivity index (χ4v) is 5.99. The first-order valence-corrected chi connectivity index (χ1v) is 14.1. The second-order valence-corrected chi connectivity index (χ2v) is 11.9. The topological polar surface area (TPSA) is 102 Å². The number of anilines is 2. The molecule has 9 nitrogen and oxygen atoms in total. The van der Waals surface area contributed by atoms with Crippen molar-refractivity contribution >= 4 is 23.0 Å². The summed E-state index contributed by atoms with van der Waals surface area (Å²) >= 11 is 0. The number of alkyl halides is 3. The summed E-state index contributed by atoms with van der Waals surface area (Å²) < 4.78 is 42.4. The van der Waals surface area contributed by atoms with Crippen molar-refractivity contribution in [3.8, 4) is 0 Å². The van der Waals surface area contributed by atoms with Gasteiger partial charge in [-0.3, -0.25) is 9.59 Å². The maximum Gasteiger partial charge on any atom is 0.417 e. The quantitative estimate of drug-likeness (QED) is 0.242. The molecule has 3 aromatic heterocycles. The van der Waals surface area contributed by atoms with Crippen molar-refractivity contribution in [1.82, 2.24) is 19.0 Å². The van der Waals surface area contributed by atoms with E-state index >= 15 is 0 Å². The van der Waals surface area contributed by atoms with Gasteiger partial charge >= 0.3 is 6.18 Å². The molecule has 4 heterocycles. The van der Waals surface area contributed by atoms with Crippen LogP contribution in [0.3, 0.4) is 0 Å². The Balaban J connectivity index is 1.52. The fraction of sp³-hybridized carbons (Fsp3) is 0.344. The number of hydrogen-bond donors (Lipinski definition) is 1. The van der Waals surface area contributed by atoms with Crippen LogP contribution in [-0.2, 0) is 32.6 Å². The number of carbonyl (C=O) groups excluding carboxylic acids is 1. The Bertz CT molecular complexity index is 1780. The molecule has 0 saturated heterocycles. The molecular weight excluding hydrogens is 573 g/mol. The molecule has 5 rings (SSSR count). The van der Waals surface area contributed by atoms with Gasteiger partial charge in [-0.2, -0.15) is 18.1 Å². The molecule has 0 atom stereocenters. The van der Waals surface area contributed by atoms with Crippen LogP contribution < -0.4 is 10.9 Å². The standard InChI is InChI=1S/C32H33F3N6O3/c1-6-7-23(21-12-25(29(42)39(5)18-21)38-28-9-8-22(16-36-28)32(33,34)35)24(17-37-44)19(2)40-10-11-41-26(30(40)43)13-20-14-31(3,4)15-27(20)41/h6-9,12-13,16,18H,2,10-11,14-15,17H2,1,3-5H3,(H,36,38)/b7-6-,24-23+. The van der Waals surface area contributed by atoms with Crippen LogP contribution >= 0.6 is 0 Å². The van der Waals surface area contributed by atoms with Crippen LogP contribution in [-0.4, -0.2) is 38.0 Å². The number of pyridine rings is 2. The predicted molar refractivity (Wildman–Crippen MR) is 162 cm³/mol. The largest absolute Gasteiger partial charge is 0.417 e. The molecule has 0 radical (unpaired) electrons. The molecule has 1 amide bonds. The van der Waals surface area contributed by atoms with Crippen LogP contribution in [0.2, 0.25) is 0 Å². The number of rotatable bonds is 8. The Hall–Kier alpha value is -4.74. The maximum atomic E-state index is 13.8. The highest BCUT2D eigenvalue weighted by atomic mass is 19.4. The molecule has 2 aliphatic rings. The molecule has 0 unspecified atom stereocenters. The molecule has 1 aliphatic carbocycles. The number of allylic oxidation sites excluding steroid dienone is 3. The van der Waals surface area contributed by atoms with Gasteiger partial charge in [0.15, 0.2) is 0 Å². The van der Waals surface area contributed by atoms with Gasteiger partial charge in [0.1, 0.15) is 23.7 Å². The van der Waals surface area contributed by atoms with Gasteiger partial charge in [0, 0.05) is 55.1 Å². The molecule has 44 heavy (non-hydrogen) atoms. The van der Waals surface area contributed by atoms with Crippen molar-refractivity contribution in [2.24, 2.45) is 17.6 Å². The number of nitroso groups, excluding NO2 is 1. The van der Waals surface area contributed by atoms with Crippen molar-refractivity contribution < 1.29 is 18.0 Å². The highest BCUT2D eigenvalue weighted by molar-refractivity contribution is 5.96. The van der Waals surface area contributed by atoms with Gasteiger partial charge in [0.2, 0.25) is 0 Å². The summed E-state index contributed by atoms with van der Waals surface area (Å²) in [6.45, 7) is 11.1. The number of carbonyl (C=O) groups is 1. The minimum atomic E-state index is -4.55. The maximum absolute atomic E-state index is 13.8. The molecule has 0 saturated carbocycles. The molecule has 3 aromatic rings. The number of amides is 1. The SMILES string of the molecule is C=C(/C(CN=O)=C(\C=C/C)c1cc(Nc2ccc(C(F)(F)F)cn2)c(=O)n(C)c1)N1CCn2c(cc3c2CC(C)(C)C3)C1=O. The van der Waals surface area contributed by atoms with Crippen LogP contribution in [0.4, 0.5) is 24.7 Å². The van der Waals surface area contributed by atoms with Gasteiger partial charge in [-0.25, -0.2) is 4.98 Å². The summed E-state index contributed by atoms with van der Waals surface area (Å²) in [4.78, 5) is 43.8. The number of nitrogens with one attached hydrogen (secondary N) is 1. The lowest BCUT2D eigenvalue weighted by Crippen LogP contribution is -2.40. The summed E-state index contributed by atoms with van der Waals surface area (Å²) in [6.07, 6.45) is 2.98. The Kier molecular flexibility index (Phi) is 7.96. The zero-order chi connectivity index (χ0) is 32.0. The number of nitrogens with zero attached hydrogens (tertiary/aromatic N) is 5. The summed E-state index contributed by atoms with van der Waals surface area (Å²) in [6, 6.07) is 5.48. The Morgan fingerprint density at radius 2 is 1.93 bits per heavy atom. The van der Waals surface area contributed by atoms with E-state index in [0.717, 1.165) is 25.0 Å². The molecule has 12 heteroatoms. The first kappa shape index (κ1) is 30.7. The average Bonchev–Trinajstić information content (AvgIpc) is 3.45. The molecule has 0 aromatic carbocycles. The first-order valence-electron chi connectivity index (χ1n) is 14.1. The van der Waals surface area contributed by atoms with Crippen molar-refractivity contribution in [3.05, 3.63) is 110 Å². The normalized spacial score (nSPS) is 16.5. The van der Waals surface area contributed by atoms with Gasteiger partial charge in [-0.15, -0.1) is 0 Å². The van der Waals surface area contributed by atoms with E-state index in [1.807, 2.05) is 6.07 Å². The third-order valence-corrected chi connectivity index (χ3v) is 8.03. The van der Waals surface area contributed by atoms with E-state index in [-0.39, 0.29) is 29.4 Å². The Labute approximate surface area is 252 Å². The number of hydrogen-bond acceptors (Lipinski definition) is 6. The van der Waals surface area contributed by atoms with E-state index in [1.54, 1.807) is 30.2 Å². The van der Waals surface area contributed by atoms with Crippen molar-refractivity contribution in [3.63, 3.8) is 0 Å². The summed E-state index contributed by atoms with van der Waals surface area (Å²) in [5.41, 5.74) is 3.51. The van der Waals surface area contributed by atoms with Crippen molar-refractivity contribution in [2.45, 2.75) is 46.3 Å². The zero-order valence-electron chi connectivity index (χ0n) is 25.0. The van der Waals surface area contributed by atoms with E-state index in [4.69, 9.17) is 0 Å². The van der Waals surface area contributed by atoms with E-state index in [1.165, 1.54) is 28.9 Å². The Morgan fingerprint density at radius 1 is 1.18 bits per heavy atom. The Morgan fingerprint density at radius 3 is 2.57 bits per heavy atom. The van der Waals surface area contributed by atoms with Crippen molar-refractivity contribution in [2.75, 3.05) is 18.4 Å². The van der Waals surface area contributed by atoms with Gasteiger partial charge in [0.25, 0.3) is 11.5 Å². The second kappa shape index (κ2) is 11.4. The van der Waals surface area contributed by atoms with Crippen LogP contribution in [0.15, 0.2) is 76.6 Å². The third-order valence-electron chi connectivity index (χ3n) is 8.03. The minimum absolute atomic E-state index is 0.0419. The van der Waals surface area contributed by atoms with Crippen molar-refractivity contribution in [1.29, 1.82) is 0 Å². The lowest BCUT2D eigenvalue weighted by atomic mass is 9.90. The van der Waals surface area contributed by atoms with E-state index in [2.05, 4.69) is 40.5 Å². The van der Waals surface area contributed by atoms with Crippen LogP contribution in [0.5, 0.6) is 0 Å². The zero-order valence-corrected chi connectivity index (χ0v) is 25.0. The minimum Gasteiger partial charge on any atom is -0.339 e. The van der Waals surface area contributed by atoms with Gasteiger partial charge < -0.3 is 19.4 Å². The average molecular weight is 607 g/mol. The lowest BCUT2D eigenvalue weighted by molar-refractivity contribution is -0.137. The number of fused-ring (bicyclic) bond motifs is 3. The predicted octanol–water partition coefficient (Wildman–Crippen LogP) is 6.23. The monoisotopic (exact) mass is 606 g/mol. The molecule has 230 valence electrons. The number of aromatic nitrogens is 3. The van der Waals surface area contributed by atoms with E-state index in [0.29, 0.717) is 47.4 Å². The smallest absolute Gasteiger partial charge is 0.339 e. The summed E-state index contributed by atoms with van der Waals surface area (Å²) in [7, 11) is 1.53. The van der Waals surface area contributed by atoms with Gasteiger partial charge in [-0.1, -0.05) is 37.8 Å². The van der Waals surface area contributed by atoms with E-state index in [9.17, 15) is 27.7 Å². The van der Waals surface area contributed by atoms with Crippen LogP contribution in [0.1, 0.15) is 53.6 Å². The molecule has 1 N–H and O–H groups in total.